The van der Waals surface area contributed by atoms with E-state index in [0.717, 1.165) is 12.7 Å². The summed E-state index contributed by atoms with van der Waals surface area (Å²) < 4.78 is 24.7. The number of benzene rings is 1. The van der Waals surface area contributed by atoms with Crippen LogP contribution in [0.25, 0.3) is 0 Å². The Morgan fingerprint density at radius 3 is 2.47 bits per heavy atom. The van der Waals surface area contributed by atoms with Crippen molar-refractivity contribution in [2.75, 3.05) is 11.0 Å². The minimum Gasteiger partial charge on any atom is -0.350 e. The van der Waals surface area contributed by atoms with Gasteiger partial charge in [0.25, 0.3) is 5.91 Å². The van der Waals surface area contributed by atoms with Crippen molar-refractivity contribution >= 4 is 21.6 Å². The zero-order chi connectivity index (χ0) is 14.6. The summed E-state index contributed by atoms with van der Waals surface area (Å²) in [6, 6.07) is 4.99. The summed E-state index contributed by atoms with van der Waals surface area (Å²) in [5.41, 5.74) is 1.72. The molecule has 0 aromatic heterocycles. The molecule has 1 amide bonds. The SMILES string of the molecule is CC[C@@H](C)NC(=O)c1ccc(NS(C)(=O)=O)c(C)c1. The Labute approximate surface area is 114 Å². The van der Waals surface area contributed by atoms with E-state index in [4.69, 9.17) is 0 Å². The average Bonchev–Trinajstić information content (AvgIpc) is 2.29. The third-order valence-electron chi connectivity index (χ3n) is 2.77. The topological polar surface area (TPSA) is 75.3 Å². The molecule has 1 aromatic carbocycles. The first-order valence-corrected chi connectivity index (χ1v) is 8.01. The zero-order valence-corrected chi connectivity index (χ0v) is 12.5. The lowest BCUT2D eigenvalue weighted by molar-refractivity contribution is 0.0939. The van der Waals surface area contributed by atoms with Gasteiger partial charge in [0, 0.05) is 11.6 Å². The van der Waals surface area contributed by atoms with Crippen LogP contribution in [0.1, 0.15) is 36.2 Å². The molecule has 0 spiro atoms. The van der Waals surface area contributed by atoms with E-state index in [0.29, 0.717) is 16.8 Å². The number of amides is 1. The molecule has 2 N–H and O–H groups in total. The summed E-state index contributed by atoms with van der Waals surface area (Å²) in [5, 5.41) is 2.86. The van der Waals surface area contributed by atoms with Crippen LogP contribution in [-0.4, -0.2) is 26.6 Å². The lowest BCUT2D eigenvalue weighted by atomic mass is 10.1. The van der Waals surface area contributed by atoms with Gasteiger partial charge in [0.05, 0.1) is 11.9 Å². The van der Waals surface area contributed by atoms with Crippen LogP contribution in [-0.2, 0) is 10.0 Å². The molecule has 0 fully saturated rings. The zero-order valence-electron chi connectivity index (χ0n) is 11.6. The molecule has 0 radical (unpaired) electrons. The summed E-state index contributed by atoms with van der Waals surface area (Å²) in [4.78, 5) is 11.9. The maximum Gasteiger partial charge on any atom is 0.251 e. The average molecular weight is 284 g/mol. The molecule has 0 bridgehead atoms. The first-order valence-electron chi connectivity index (χ1n) is 6.12. The van der Waals surface area contributed by atoms with Crippen molar-refractivity contribution in [3.05, 3.63) is 29.3 Å². The first kappa shape index (κ1) is 15.5. The largest absolute Gasteiger partial charge is 0.350 e. The van der Waals surface area contributed by atoms with Crippen molar-refractivity contribution in [2.45, 2.75) is 33.2 Å². The monoisotopic (exact) mass is 284 g/mol. The highest BCUT2D eigenvalue weighted by molar-refractivity contribution is 7.92. The van der Waals surface area contributed by atoms with Crippen LogP contribution in [0.5, 0.6) is 0 Å². The van der Waals surface area contributed by atoms with Gasteiger partial charge >= 0.3 is 0 Å². The highest BCUT2D eigenvalue weighted by atomic mass is 32.2. The standard InChI is InChI=1S/C13H20N2O3S/c1-5-10(3)14-13(16)11-6-7-12(9(2)8-11)15-19(4,17)18/h6-8,10,15H,5H2,1-4H3,(H,14,16)/t10-/m1/s1. The van der Waals surface area contributed by atoms with E-state index in [1.54, 1.807) is 25.1 Å². The predicted octanol–water partition coefficient (Wildman–Crippen LogP) is 1.89. The second-order valence-corrected chi connectivity index (χ2v) is 6.44. The molecule has 5 nitrogen and oxygen atoms in total. The Kier molecular flexibility index (Phi) is 4.94. The summed E-state index contributed by atoms with van der Waals surface area (Å²) >= 11 is 0. The van der Waals surface area contributed by atoms with E-state index >= 15 is 0 Å². The Bertz CT molecular complexity index is 567. The molecule has 1 aromatic rings. The lowest BCUT2D eigenvalue weighted by Crippen LogP contribution is -2.31. The van der Waals surface area contributed by atoms with Gasteiger partial charge in [-0.25, -0.2) is 8.42 Å². The quantitative estimate of drug-likeness (QED) is 0.867. The summed E-state index contributed by atoms with van der Waals surface area (Å²) in [5.74, 6) is -0.150. The van der Waals surface area contributed by atoms with Crippen molar-refractivity contribution in [1.29, 1.82) is 0 Å². The fourth-order valence-electron chi connectivity index (χ4n) is 1.53. The number of rotatable bonds is 5. The third kappa shape index (κ3) is 4.90. The van der Waals surface area contributed by atoms with E-state index in [2.05, 4.69) is 10.0 Å². The van der Waals surface area contributed by atoms with Crippen molar-refractivity contribution in [3.63, 3.8) is 0 Å². The van der Waals surface area contributed by atoms with E-state index < -0.39 is 10.0 Å². The molecule has 1 atom stereocenters. The fourth-order valence-corrected chi connectivity index (χ4v) is 2.16. The Balaban J connectivity index is 2.91. The van der Waals surface area contributed by atoms with Gasteiger partial charge in [-0.15, -0.1) is 0 Å². The second kappa shape index (κ2) is 6.06. The van der Waals surface area contributed by atoms with Crippen LogP contribution >= 0.6 is 0 Å². The molecule has 0 aliphatic heterocycles. The van der Waals surface area contributed by atoms with E-state index in [1.807, 2.05) is 13.8 Å². The maximum atomic E-state index is 11.9. The molecule has 0 aliphatic rings. The van der Waals surface area contributed by atoms with E-state index in [1.165, 1.54) is 0 Å². The Morgan fingerprint density at radius 2 is 2.00 bits per heavy atom. The molecule has 0 aliphatic carbocycles. The van der Waals surface area contributed by atoms with Crippen LogP contribution in [0.3, 0.4) is 0 Å². The fraction of sp³-hybridized carbons (Fsp3) is 0.462. The highest BCUT2D eigenvalue weighted by Crippen LogP contribution is 2.17. The van der Waals surface area contributed by atoms with E-state index in [9.17, 15) is 13.2 Å². The first-order chi connectivity index (χ1) is 8.73. The number of anilines is 1. The van der Waals surface area contributed by atoms with Crippen molar-refractivity contribution in [2.24, 2.45) is 0 Å². The minimum absolute atomic E-state index is 0.113. The van der Waals surface area contributed by atoms with E-state index in [-0.39, 0.29) is 11.9 Å². The molecule has 0 unspecified atom stereocenters. The van der Waals surface area contributed by atoms with Gasteiger partial charge in [-0.1, -0.05) is 6.92 Å². The van der Waals surface area contributed by atoms with Gasteiger partial charge in [-0.3, -0.25) is 9.52 Å². The van der Waals surface area contributed by atoms with Crippen LogP contribution in [0.2, 0.25) is 0 Å². The number of aryl methyl sites for hydroxylation is 1. The molecule has 0 heterocycles. The number of nitrogens with one attached hydrogen (secondary N) is 2. The normalized spacial score (nSPS) is 12.8. The minimum atomic E-state index is -3.31. The number of hydrogen-bond acceptors (Lipinski definition) is 3. The van der Waals surface area contributed by atoms with Crippen LogP contribution < -0.4 is 10.0 Å². The second-order valence-electron chi connectivity index (χ2n) is 4.69. The predicted molar refractivity (Wildman–Crippen MR) is 76.9 cm³/mol. The van der Waals surface area contributed by atoms with Crippen LogP contribution in [0.4, 0.5) is 5.69 Å². The molecule has 6 heteroatoms. The summed E-state index contributed by atoms with van der Waals surface area (Å²) in [7, 11) is -3.31. The molecule has 19 heavy (non-hydrogen) atoms. The van der Waals surface area contributed by atoms with Gasteiger partial charge in [-0.05, 0) is 44.0 Å². The Hall–Kier alpha value is -1.56. The van der Waals surface area contributed by atoms with Gasteiger partial charge in [-0.2, -0.15) is 0 Å². The Morgan fingerprint density at radius 1 is 1.37 bits per heavy atom. The van der Waals surface area contributed by atoms with Crippen molar-refractivity contribution < 1.29 is 13.2 Å². The number of hydrogen-bond donors (Lipinski definition) is 2. The summed E-state index contributed by atoms with van der Waals surface area (Å²) in [6.07, 6.45) is 1.95. The molecule has 0 saturated carbocycles. The molecule has 0 saturated heterocycles. The summed E-state index contributed by atoms with van der Waals surface area (Å²) in [6.45, 7) is 5.69. The maximum absolute atomic E-state index is 11.9. The van der Waals surface area contributed by atoms with Crippen molar-refractivity contribution in [1.82, 2.24) is 5.32 Å². The number of carbonyl (C=O) groups excluding carboxylic acids is 1. The van der Waals surface area contributed by atoms with Crippen LogP contribution in [0.15, 0.2) is 18.2 Å². The lowest BCUT2D eigenvalue weighted by Gasteiger charge is -2.13. The van der Waals surface area contributed by atoms with Gasteiger partial charge < -0.3 is 5.32 Å². The molecule has 1 rings (SSSR count). The molecular formula is C13H20N2O3S. The third-order valence-corrected chi connectivity index (χ3v) is 3.36. The van der Waals surface area contributed by atoms with Gasteiger partial charge in [0.1, 0.15) is 0 Å². The van der Waals surface area contributed by atoms with Gasteiger partial charge in [0.2, 0.25) is 10.0 Å². The number of sulfonamides is 1. The highest BCUT2D eigenvalue weighted by Gasteiger charge is 2.11. The molecule has 106 valence electrons. The molecular weight excluding hydrogens is 264 g/mol. The van der Waals surface area contributed by atoms with Gasteiger partial charge in [0.15, 0.2) is 0 Å². The number of carbonyl (C=O) groups is 1. The smallest absolute Gasteiger partial charge is 0.251 e. The van der Waals surface area contributed by atoms with Crippen LogP contribution in [0, 0.1) is 6.92 Å². The van der Waals surface area contributed by atoms with Crippen molar-refractivity contribution in [3.8, 4) is 0 Å².